The van der Waals surface area contributed by atoms with Gasteiger partial charge in [-0.2, -0.15) is 0 Å². The Morgan fingerprint density at radius 1 is 1.50 bits per heavy atom. The van der Waals surface area contributed by atoms with Crippen molar-refractivity contribution in [3.63, 3.8) is 0 Å². The fourth-order valence-electron chi connectivity index (χ4n) is 2.73. The molecule has 1 aromatic rings. The molecule has 2 atom stereocenters. The molecule has 0 aliphatic carbocycles. The summed E-state index contributed by atoms with van der Waals surface area (Å²) in [5, 5.41) is 3.56. The van der Waals surface area contributed by atoms with Crippen molar-refractivity contribution < 1.29 is 4.74 Å². The second-order valence-electron chi connectivity index (χ2n) is 5.42. The van der Waals surface area contributed by atoms with E-state index in [4.69, 9.17) is 4.74 Å². The standard InChI is InChI=1S/C16H27N3O/c1-4-8-17-13(3)15-7-6-9-18-16(15)19-10-11-20-12-14(19)5-2/h6-7,9,13-14,17H,4-5,8,10-12H2,1-3H3. The van der Waals surface area contributed by atoms with E-state index in [1.54, 1.807) is 0 Å². The largest absolute Gasteiger partial charge is 0.377 e. The predicted molar refractivity (Wildman–Crippen MR) is 83.2 cm³/mol. The number of anilines is 1. The fraction of sp³-hybridized carbons (Fsp3) is 0.688. The quantitative estimate of drug-likeness (QED) is 0.867. The zero-order valence-electron chi connectivity index (χ0n) is 12.9. The second kappa shape index (κ2) is 7.60. The van der Waals surface area contributed by atoms with Gasteiger partial charge in [0.2, 0.25) is 0 Å². The van der Waals surface area contributed by atoms with E-state index in [0.717, 1.165) is 45.0 Å². The fourth-order valence-corrected chi connectivity index (χ4v) is 2.73. The van der Waals surface area contributed by atoms with E-state index < -0.39 is 0 Å². The first-order valence-corrected chi connectivity index (χ1v) is 7.80. The van der Waals surface area contributed by atoms with Gasteiger partial charge in [-0.15, -0.1) is 0 Å². The molecule has 0 radical (unpaired) electrons. The smallest absolute Gasteiger partial charge is 0.133 e. The van der Waals surface area contributed by atoms with Gasteiger partial charge in [0.15, 0.2) is 0 Å². The minimum atomic E-state index is 0.332. The summed E-state index contributed by atoms with van der Waals surface area (Å²) in [5.74, 6) is 1.12. The first kappa shape index (κ1) is 15.3. The van der Waals surface area contributed by atoms with E-state index in [0.29, 0.717) is 12.1 Å². The first-order chi connectivity index (χ1) is 9.77. The Hall–Kier alpha value is -1.13. The maximum Gasteiger partial charge on any atom is 0.133 e. The van der Waals surface area contributed by atoms with Crippen LogP contribution in [0.15, 0.2) is 18.3 Å². The predicted octanol–water partition coefficient (Wildman–Crippen LogP) is 2.76. The molecule has 1 fully saturated rings. The molecule has 112 valence electrons. The second-order valence-corrected chi connectivity index (χ2v) is 5.42. The minimum Gasteiger partial charge on any atom is -0.377 e. The molecular formula is C16H27N3O. The molecular weight excluding hydrogens is 250 g/mol. The van der Waals surface area contributed by atoms with E-state index in [1.807, 2.05) is 12.3 Å². The zero-order valence-corrected chi connectivity index (χ0v) is 12.9. The van der Waals surface area contributed by atoms with Crippen LogP contribution in [-0.4, -0.2) is 37.3 Å². The van der Waals surface area contributed by atoms with Crippen molar-refractivity contribution in [3.05, 3.63) is 23.9 Å². The summed E-state index contributed by atoms with van der Waals surface area (Å²) in [7, 11) is 0. The van der Waals surface area contributed by atoms with E-state index >= 15 is 0 Å². The summed E-state index contributed by atoms with van der Waals surface area (Å²) in [6, 6.07) is 5.00. The van der Waals surface area contributed by atoms with E-state index in [-0.39, 0.29) is 0 Å². The van der Waals surface area contributed by atoms with Gasteiger partial charge >= 0.3 is 0 Å². The van der Waals surface area contributed by atoms with Crippen molar-refractivity contribution in [1.29, 1.82) is 0 Å². The number of ether oxygens (including phenoxy) is 1. The van der Waals surface area contributed by atoms with Gasteiger partial charge in [0, 0.05) is 24.3 Å². The maximum atomic E-state index is 5.60. The molecule has 0 spiro atoms. The third kappa shape index (κ3) is 3.49. The van der Waals surface area contributed by atoms with Gasteiger partial charge in [-0.3, -0.25) is 0 Å². The van der Waals surface area contributed by atoms with Gasteiger partial charge < -0.3 is 15.0 Å². The number of rotatable bonds is 6. The Bertz CT molecular complexity index is 410. The average molecular weight is 277 g/mol. The average Bonchev–Trinajstić information content (AvgIpc) is 2.52. The number of hydrogen-bond donors (Lipinski definition) is 1. The number of aromatic nitrogens is 1. The highest BCUT2D eigenvalue weighted by molar-refractivity contribution is 5.49. The normalized spacial score (nSPS) is 20.9. The Morgan fingerprint density at radius 3 is 3.10 bits per heavy atom. The first-order valence-electron chi connectivity index (χ1n) is 7.80. The molecule has 1 saturated heterocycles. The summed E-state index contributed by atoms with van der Waals surface area (Å²) >= 11 is 0. The van der Waals surface area contributed by atoms with Crippen molar-refractivity contribution >= 4 is 5.82 Å². The lowest BCUT2D eigenvalue weighted by Crippen LogP contribution is -2.46. The van der Waals surface area contributed by atoms with Gasteiger partial charge in [-0.25, -0.2) is 4.98 Å². The molecule has 20 heavy (non-hydrogen) atoms. The molecule has 4 nitrogen and oxygen atoms in total. The summed E-state index contributed by atoms with van der Waals surface area (Å²) in [6.45, 7) is 10.2. The van der Waals surface area contributed by atoms with Crippen molar-refractivity contribution in [2.24, 2.45) is 0 Å². The SMILES string of the molecule is CCCNC(C)c1cccnc1N1CCOCC1CC. The number of morpholine rings is 1. The Kier molecular flexibility index (Phi) is 5.80. The molecule has 1 aliphatic heterocycles. The van der Waals surface area contributed by atoms with E-state index in [2.05, 4.69) is 42.0 Å². The Morgan fingerprint density at radius 2 is 2.35 bits per heavy atom. The lowest BCUT2D eigenvalue weighted by Gasteiger charge is -2.37. The molecule has 0 saturated carbocycles. The maximum absolute atomic E-state index is 5.60. The molecule has 4 heteroatoms. The molecule has 1 N–H and O–H groups in total. The molecule has 1 aromatic heterocycles. The van der Waals surface area contributed by atoms with Gasteiger partial charge in [0.05, 0.1) is 19.3 Å². The number of nitrogens with zero attached hydrogens (tertiary/aromatic N) is 2. The van der Waals surface area contributed by atoms with Crippen LogP contribution in [0.25, 0.3) is 0 Å². The van der Waals surface area contributed by atoms with Crippen LogP contribution in [-0.2, 0) is 4.74 Å². The molecule has 2 heterocycles. The van der Waals surface area contributed by atoms with E-state index in [1.165, 1.54) is 5.56 Å². The summed E-state index contributed by atoms with van der Waals surface area (Å²) < 4.78 is 5.60. The molecule has 2 rings (SSSR count). The van der Waals surface area contributed by atoms with Crippen molar-refractivity contribution in [2.75, 3.05) is 31.2 Å². The van der Waals surface area contributed by atoms with Crippen molar-refractivity contribution in [2.45, 2.75) is 45.7 Å². The van der Waals surface area contributed by atoms with Crippen molar-refractivity contribution in [3.8, 4) is 0 Å². The van der Waals surface area contributed by atoms with Crippen LogP contribution >= 0.6 is 0 Å². The Labute approximate surface area is 122 Å². The van der Waals surface area contributed by atoms with Crippen LogP contribution in [0.1, 0.15) is 45.2 Å². The van der Waals surface area contributed by atoms with Crippen LogP contribution in [0.3, 0.4) is 0 Å². The van der Waals surface area contributed by atoms with Crippen LogP contribution in [0.4, 0.5) is 5.82 Å². The molecule has 2 unspecified atom stereocenters. The summed E-state index contributed by atoms with van der Waals surface area (Å²) in [6.07, 6.45) is 4.13. The van der Waals surface area contributed by atoms with Crippen LogP contribution in [0, 0.1) is 0 Å². The molecule has 0 aromatic carbocycles. The molecule has 0 bridgehead atoms. The third-order valence-electron chi connectivity index (χ3n) is 3.95. The van der Waals surface area contributed by atoms with Gasteiger partial charge in [-0.05, 0) is 32.4 Å². The topological polar surface area (TPSA) is 37.4 Å². The van der Waals surface area contributed by atoms with Crippen molar-refractivity contribution in [1.82, 2.24) is 10.3 Å². The monoisotopic (exact) mass is 277 g/mol. The van der Waals surface area contributed by atoms with Gasteiger partial charge in [0.25, 0.3) is 0 Å². The summed E-state index contributed by atoms with van der Waals surface area (Å²) in [5.41, 5.74) is 1.29. The van der Waals surface area contributed by atoms with E-state index in [9.17, 15) is 0 Å². The zero-order chi connectivity index (χ0) is 14.4. The van der Waals surface area contributed by atoms with Gasteiger partial charge in [-0.1, -0.05) is 19.9 Å². The molecule has 1 aliphatic rings. The Balaban J connectivity index is 2.21. The highest BCUT2D eigenvalue weighted by Crippen LogP contribution is 2.27. The number of nitrogens with one attached hydrogen (secondary N) is 1. The molecule has 0 amide bonds. The highest BCUT2D eigenvalue weighted by Gasteiger charge is 2.25. The van der Waals surface area contributed by atoms with Crippen LogP contribution in [0.2, 0.25) is 0 Å². The van der Waals surface area contributed by atoms with Crippen LogP contribution < -0.4 is 10.2 Å². The summed E-state index contributed by atoms with van der Waals surface area (Å²) in [4.78, 5) is 7.08. The number of pyridine rings is 1. The lowest BCUT2D eigenvalue weighted by molar-refractivity contribution is 0.0924. The third-order valence-corrected chi connectivity index (χ3v) is 3.95. The van der Waals surface area contributed by atoms with Crippen LogP contribution in [0.5, 0.6) is 0 Å². The van der Waals surface area contributed by atoms with Gasteiger partial charge in [0.1, 0.15) is 5.82 Å². The lowest BCUT2D eigenvalue weighted by atomic mass is 10.1. The number of hydrogen-bond acceptors (Lipinski definition) is 4. The minimum absolute atomic E-state index is 0.332. The highest BCUT2D eigenvalue weighted by atomic mass is 16.5.